The lowest BCUT2D eigenvalue weighted by Crippen LogP contribution is -2.26. The van der Waals surface area contributed by atoms with Gasteiger partial charge in [0.1, 0.15) is 5.75 Å². The fraction of sp³-hybridized carbons (Fsp3) is 0.455. The van der Waals surface area contributed by atoms with Crippen LogP contribution in [0.4, 0.5) is 5.69 Å². The summed E-state index contributed by atoms with van der Waals surface area (Å²) in [4.78, 5) is 0.247. The van der Waals surface area contributed by atoms with Crippen molar-refractivity contribution in [3.05, 3.63) is 53.0 Å². The van der Waals surface area contributed by atoms with Crippen molar-refractivity contribution in [2.45, 2.75) is 37.0 Å². The minimum atomic E-state index is -3.60. The van der Waals surface area contributed by atoms with Gasteiger partial charge < -0.3 is 15.2 Å². The van der Waals surface area contributed by atoms with Crippen molar-refractivity contribution in [3.63, 3.8) is 0 Å². The van der Waals surface area contributed by atoms with Gasteiger partial charge in [-0.1, -0.05) is 28.8 Å². The maximum Gasteiger partial charge on any atom is 0.264 e. The van der Waals surface area contributed by atoms with E-state index >= 15 is 0 Å². The van der Waals surface area contributed by atoms with Crippen LogP contribution in [0.25, 0.3) is 0 Å². The van der Waals surface area contributed by atoms with E-state index in [0.717, 1.165) is 55.4 Å². The Kier molecular flexibility index (Phi) is 10.6. The molecule has 2 N–H and O–H groups in total. The number of hydrogen-bond donors (Lipinski definition) is 2. The van der Waals surface area contributed by atoms with Crippen LogP contribution in [0.2, 0.25) is 0 Å². The fourth-order valence-corrected chi connectivity index (χ4v) is 4.34. The predicted octanol–water partition coefficient (Wildman–Crippen LogP) is 4.19. The summed E-state index contributed by atoms with van der Waals surface area (Å²) < 4.78 is 33.4. The molecule has 0 atom stereocenters. The molecule has 6 nitrogen and oxygen atoms in total. The van der Waals surface area contributed by atoms with Gasteiger partial charge in [-0.2, -0.15) is 0 Å². The number of benzene rings is 2. The van der Waals surface area contributed by atoms with Gasteiger partial charge in [-0.15, -0.1) is 0 Å². The molecular weight excluding hydrogens is 468 g/mol. The van der Waals surface area contributed by atoms with Gasteiger partial charge in [0.25, 0.3) is 10.0 Å². The molecule has 0 aliphatic heterocycles. The molecule has 0 bridgehead atoms. The van der Waals surface area contributed by atoms with E-state index in [1.807, 2.05) is 0 Å². The van der Waals surface area contributed by atoms with Gasteiger partial charge in [0.05, 0.1) is 17.2 Å². The summed E-state index contributed by atoms with van der Waals surface area (Å²) in [7, 11) is -2.06. The Morgan fingerprint density at radius 2 is 1.57 bits per heavy atom. The number of sulfonamides is 1. The topological polar surface area (TPSA) is 78.9 Å². The number of nitrogens with one attached hydrogen (secondary N) is 1. The van der Waals surface area contributed by atoms with E-state index < -0.39 is 10.0 Å². The van der Waals surface area contributed by atoms with E-state index in [1.165, 1.54) is 4.31 Å². The molecule has 2 aromatic rings. The van der Waals surface area contributed by atoms with Crippen LogP contribution in [0.1, 0.15) is 32.1 Å². The molecule has 0 saturated heterocycles. The zero-order chi connectivity index (χ0) is 21.8. The number of rotatable bonds is 14. The number of unbranched alkanes of at least 4 members (excludes halogenated alkanes) is 3. The number of halogens is 1. The third-order valence-electron chi connectivity index (χ3n) is 4.70. The molecule has 0 unspecified atom stereocenters. The second kappa shape index (κ2) is 12.9. The molecule has 0 aromatic heterocycles. The first-order valence-corrected chi connectivity index (χ1v) is 12.5. The Balaban J connectivity index is 1.73. The molecule has 0 aliphatic rings. The van der Waals surface area contributed by atoms with Crippen molar-refractivity contribution >= 4 is 31.6 Å². The summed E-state index contributed by atoms with van der Waals surface area (Å²) in [6.07, 6.45) is 5.16. The molecule has 0 aliphatic carbocycles. The van der Waals surface area contributed by atoms with Crippen LogP contribution >= 0.6 is 15.9 Å². The van der Waals surface area contributed by atoms with Crippen LogP contribution in [0.5, 0.6) is 5.75 Å². The zero-order valence-corrected chi connectivity index (χ0v) is 19.8. The van der Waals surface area contributed by atoms with Crippen molar-refractivity contribution < 1.29 is 18.3 Å². The number of nitrogens with zero attached hydrogens (tertiary/aromatic N) is 1. The second-order valence-electron chi connectivity index (χ2n) is 7.01. The minimum Gasteiger partial charge on any atom is -0.494 e. The highest BCUT2D eigenvalue weighted by molar-refractivity contribution is 9.10. The molecule has 0 fully saturated rings. The van der Waals surface area contributed by atoms with E-state index in [0.29, 0.717) is 12.3 Å². The van der Waals surface area contributed by atoms with Crippen LogP contribution in [0.15, 0.2) is 57.9 Å². The summed E-state index contributed by atoms with van der Waals surface area (Å²) in [5.74, 6) is 0.735. The van der Waals surface area contributed by atoms with Crippen LogP contribution in [-0.4, -0.2) is 46.9 Å². The minimum absolute atomic E-state index is 0.239. The fourth-order valence-electron chi connectivity index (χ4n) is 2.88. The van der Waals surface area contributed by atoms with Gasteiger partial charge in [-0.05, 0) is 80.9 Å². The monoisotopic (exact) mass is 498 g/mol. The van der Waals surface area contributed by atoms with Gasteiger partial charge in [0.15, 0.2) is 0 Å². The number of aliphatic hydroxyl groups is 1. The molecule has 166 valence electrons. The predicted molar refractivity (Wildman–Crippen MR) is 125 cm³/mol. The van der Waals surface area contributed by atoms with Gasteiger partial charge >= 0.3 is 0 Å². The van der Waals surface area contributed by atoms with E-state index in [1.54, 1.807) is 55.6 Å². The Morgan fingerprint density at radius 3 is 2.23 bits per heavy atom. The normalized spacial score (nSPS) is 11.4. The zero-order valence-electron chi connectivity index (χ0n) is 17.4. The lowest BCUT2D eigenvalue weighted by molar-refractivity contribution is 0.285. The molecule has 2 aromatic carbocycles. The Morgan fingerprint density at radius 1 is 0.933 bits per heavy atom. The largest absolute Gasteiger partial charge is 0.494 e. The third-order valence-corrected chi connectivity index (χ3v) is 7.03. The first kappa shape index (κ1) is 24.7. The molecule has 0 spiro atoms. The highest BCUT2D eigenvalue weighted by Gasteiger charge is 2.21. The van der Waals surface area contributed by atoms with Crippen molar-refractivity contribution in [2.75, 3.05) is 37.7 Å². The summed E-state index contributed by atoms with van der Waals surface area (Å²) in [6, 6.07) is 13.7. The number of hydrogen-bond acceptors (Lipinski definition) is 5. The van der Waals surface area contributed by atoms with Crippen molar-refractivity contribution in [3.8, 4) is 5.75 Å². The SMILES string of the molecule is CN(c1ccc(OCCCCCCNCCCO)cc1)S(=O)(=O)c1ccc(Br)cc1. The average Bonchev–Trinajstić information content (AvgIpc) is 2.75. The average molecular weight is 499 g/mol. The van der Waals surface area contributed by atoms with Crippen molar-refractivity contribution in [1.82, 2.24) is 5.32 Å². The van der Waals surface area contributed by atoms with Crippen LogP contribution in [0, 0.1) is 0 Å². The molecule has 2 rings (SSSR count). The van der Waals surface area contributed by atoms with Gasteiger partial charge in [-0.25, -0.2) is 8.42 Å². The molecule has 0 radical (unpaired) electrons. The lowest BCUT2D eigenvalue weighted by atomic mass is 10.2. The van der Waals surface area contributed by atoms with Crippen molar-refractivity contribution in [1.29, 1.82) is 0 Å². The Bertz CT molecular complexity index is 842. The first-order valence-electron chi connectivity index (χ1n) is 10.2. The molecule has 0 saturated carbocycles. The highest BCUT2D eigenvalue weighted by Crippen LogP contribution is 2.25. The lowest BCUT2D eigenvalue weighted by Gasteiger charge is -2.20. The summed E-state index contributed by atoms with van der Waals surface area (Å²) in [5.41, 5.74) is 0.582. The van der Waals surface area contributed by atoms with Crippen LogP contribution in [0.3, 0.4) is 0 Å². The maximum atomic E-state index is 12.8. The molecular formula is C22H31BrN2O4S. The smallest absolute Gasteiger partial charge is 0.264 e. The Labute approximate surface area is 188 Å². The van der Waals surface area contributed by atoms with Crippen LogP contribution < -0.4 is 14.4 Å². The summed E-state index contributed by atoms with van der Waals surface area (Å²) in [6.45, 7) is 2.74. The molecule has 0 amide bonds. The quantitative estimate of drug-likeness (QED) is 0.382. The van der Waals surface area contributed by atoms with E-state index in [2.05, 4.69) is 21.2 Å². The standard InChI is InChI=1S/C22H31BrN2O4S/c1-25(30(27,28)22-13-7-19(23)8-14-22)20-9-11-21(12-10-20)29-18-5-3-2-4-15-24-16-6-17-26/h7-14,24,26H,2-6,15-18H2,1H3. The molecule has 8 heteroatoms. The number of aliphatic hydroxyl groups excluding tert-OH is 1. The number of ether oxygens (including phenoxy) is 1. The van der Waals surface area contributed by atoms with E-state index in [4.69, 9.17) is 9.84 Å². The van der Waals surface area contributed by atoms with Crippen LogP contribution in [-0.2, 0) is 10.0 Å². The highest BCUT2D eigenvalue weighted by atomic mass is 79.9. The maximum absolute atomic E-state index is 12.8. The third kappa shape index (κ3) is 7.91. The van der Waals surface area contributed by atoms with Crippen molar-refractivity contribution in [2.24, 2.45) is 0 Å². The first-order chi connectivity index (χ1) is 14.4. The van der Waals surface area contributed by atoms with Gasteiger partial charge in [0.2, 0.25) is 0 Å². The summed E-state index contributed by atoms with van der Waals surface area (Å²) >= 11 is 3.32. The Hall–Kier alpha value is -1.61. The van der Waals surface area contributed by atoms with E-state index in [9.17, 15) is 8.42 Å². The second-order valence-corrected chi connectivity index (χ2v) is 9.90. The van der Waals surface area contributed by atoms with Gasteiger partial charge in [-0.3, -0.25) is 4.31 Å². The number of anilines is 1. The van der Waals surface area contributed by atoms with Gasteiger partial charge in [0, 0.05) is 18.1 Å². The molecule has 30 heavy (non-hydrogen) atoms. The molecule has 0 heterocycles. The van der Waals surface area contributed by atoms with E-state index in [-0.39, 0.29) is 11.5 Å². The summed E-state index contributed by atoms with van der Waals surface area (Å²) in [5, 5.41) is 12.0.